The van der Waals surface area contributed by atoms with Gasteiger partial charge in [-0.2, -0.15) is 0 Å². The number of hydrogen-bond donors (Lipinski definition) is 1. The monoisotopic (exact) mass is 397 g/mol. The van der Waals surface area contributed by atoms with Crippen LogP contribution in [-0.2, 0) is 21.4 Å². The van der Waals surface area contributed by atoms with E-state index in [1.54, 1.807) is 14.2 Å². The van der Waals surface area contributed by atoms with Crippen LogP contribution in [-0.4, -0.2) is 34.8 Å². The molecule has 0 aliphatic heterocycles. The highest BCUT2D eigenvalue weighted by Gasteiger charge is 2.60. The van der Waals surface area contributed by atoms with E-state index >= 15 is 0 Å². The summed E-state index contributed by atoms with van der Waals surface area (Å²) in [6.45, 7) is 2.84. The lowest BCUT2D eigenvalue weighted by Crippen LogP contribution is -2.58. The summed E-state index contributed by atoms with van der Waals surface area (Å²) >= 11 is 8.00. The number of hydrogen-bond acceptors (Lipinski definition) is 5. The standard InChI is InChI=1S/C16H20BrN3O2S/c1-4-20-13(18-19-14(20)23)15(9-16(10-15,21-2)22-3)11-6-5-7-12(17)8-11/h5-8H,4,9-10H2,1-3H3,(H,19,23). The highest BCUT2D eigenvalue weighted by molar-refractivity contribution is 9.10. The molecule has 5 nitrogen and oxygen atoms in total. The summed E-state index contributed by atoms with van der Waals surface area (Å²) in [5.74, 6) is 0.330. The molecule has 0 radical (unpaired) electrons. The van der Waals surface area contributed by atoms with Crippen molar-refractivity contribution in [2.45, 2.75) is 42.7 Å². The molecular weight excluding hydrogens is 378 g/mol. The van der Waals surface area contributed by atoms with Gasteiger partial charge in [0, 0.05) is 38.1 Å². The number of benzene rings is 1. The molecule has 0 amide bonds. The second-order valence-corrected chi connectivity index (χ2v) is 7.15. The van der Waals surface area contributed by atoms with Crippen molar-refractivity contribution >= 4 is 28.6 Å². The molecule has 0 saturated heterocycles. The van der Waals surface area contributed by atoms with Gasteiger partial charge in [-0.1, -0.05) is 28.1 Å². The van der Waals surface area contributed by atoms with Gasteiger partial charge >= 0.3 is 0 Å². The zero-order valence-corrected chi connectivity index (χ0v) is 15.9. The molecule has 1 aliphatic rings. The Kier molecular flexibility index (Phi) is 4.57. The Hall–Kier alpha value is -0.890. The molecule has 1 fully saturated rings. The number of rotatable bonds is 5. The van der Waals surface area contributed by atoms with Crippen molar-refractivity contribution in [3.05, 3.63) is 40.1 Å². The van der Waals surface area contributed by atoms with Crippen molar-refractivity contribution in [2.75, 3.05) is 14.2 Å². The first-order chi connectivity index (χ1) is 11.0. The first-order valence-electron chi connectivity index (χ1n) is 7.49. The minimum Gasteiger partial charge on any atom is -0.353 e. The van der Waals surface area contributed by atoms with Gasteiger partial charge in [0.1, 0.15) is 5.82 Å². The van der Waals surface area contributed by atoms with Gasteiger partial charge in [0.2, 0.25) is 0 Å². The zero-order valence-electron chi connectivity index (χ0n) is 13.4. The number of nitrogens with zero attached hydrogens (tertiary/aromatic N) is 3. The maximum Gasteiger partial charge on any atom is 0.188 e. The van der Waals surface area contributed by atoms with Crippen molar-refractivity contribution in [2.24, 2.45) is 0 Å². The van der Waals surface area contributed by atoms with Gasteiger partial charge in [-0.25, -0.2) is 0 Å². The van der Waals surface area contributed by atoms with Crippen molar-refractivity contribution in [1.29, 1.82) is 0 Å². The number of methoxy groups -OCH3 is 2. The van der Waals surface area contributed by atoms with Crippen molar-refractivity contribution in [3.8, 4) is 0 Å². The lowest BCUT2D eigenvalue weighted by Gasteiger charge is -2.53. The normalized spacial score (nSPS) is 18.7. The van der Waals surface area contributed by atoms with Crippen molar-refractivity contribution in [1.82, 2.24) is 14.8 Å². The van der Waals surface area contributed by atoms with Gasteiger partial charge in [0.05, 0.1) is 5.41 Å². The van der Waals surface area contributed by atoms with Crippen LogP contribution in [0.2, 0.25) is 0 Å². The first kappa shape index (κ1) is 17.0. The molecular formula is C16H20BrN3O2S. The van der Waals surface area contributed by atoms with E-state index in [2.05, 4.69) is 57.8 Å². The fraction of sp³-hybridized carbons (Fsp3) is 0.500. The molecule has 23 heavy (non-hydrogen) atoms. The molecule has 1 aromatic heterocycles. The Morgan fingerprint density at radius 3 is 2.52 bits per heavy atom. The van der Waals surface area contributed by atoms with Gasteiger partial charge in [-0.15, -0.1) is 22.8 Å². The smallest absolute Gasteiger partial charge is 0.188 e. The zero-order chi connectivity index (χ0) is 16.7. The van der Waals surface area contributed by atoms with E-state index in [1.165, 1.54) is 5.56 Å². The van der Waals surface area contributed by atoms with Crippen LogP contribution in [0, 0.1) is 0 Å². The van der Waals surface area contributed by atoms with E-state index in [4.69, 9.17) is 9.47 Å². The third-order valence-corrected chi connectivity index (χ3v) is 5.56. The number of thiol groups is 1. The van der Waals surface area contributed by atoms with E-state index in [0.29, 0.717) is 18.0 Å². The Morgan fingerprint density at radius 1 is 1.26 bits per heavy atom. The van der Waals surface area contributed by atoms with E-state index in [9.17, 15) is 0 Å². The lowest BCUT2D eigenvalue weighted by molar-refractivity contribution is -0.273. The molecule has 0 bridgehead atoms. The summed E-state index contributed by atoms with van der Waals surface area (Å²) in [6.07, 6.45) is 1.38. The fourth-order valence-corrected chi connectivity index (χ4v) is 4.14. The summed E-state index contributed by atoms with van der Waals surface area (Å²) < 4.78 is 14.3. The van der Waals surface area contributed by atoms with Crippen LogP contribution in [0.4, 0.5) is 0 Å². The van der Waals surface area contributed by atoms with Gasteiger partial charge in [-0.05, 0) is 24.6 Å². The average Bonchev–Trinajstić information content (AvgIpc) is 2.89. The Morgan fingerprint density at radius 2 is 1.96 bits per heavy atom. The summed E-state index contributed by atoms with van der Waals surface area (Å²) in [5, 5.41) is 9.23. The SMILES string of the molecule is CCn1c(S)nnc1C1(c2cccc(Br)c2)CC(OC)(OC)C1. The Bertz CT molecular complexity index is 707. The molecule has 3 rings (SSSR count). The molecule has 0 spiro atoms. The van der Waals surface area contributed by atoms with Crippen LogP contribution in [0.15, 0.2) is 33.9 Å². The molecule has 1 heterocycles. The largest absolute Gasteiger partial charge is 0.353 e. The Balaban J connectivity index is 2.13. The third kappa shape index (κ3) is 2.63. The van der Waals surface area contributed by atoms with E-state index in [-0.39, 0.29) is 5.41 Å². The van der Waals surface area contributed by atoms with E-state index in [1.807, 2.05) is 16.7 Å². The Labute approximate surface area is 149 Å². The molecule has 2 aromatic rings. The van der Waals surface area contributed by atoms with Crippen LogP contribution in [0.3, 0.4) is 0 Å². The number of aromatic nitrogens is 3. The average molecular weight is 398 g/mol. The predicted octanol–water partition coefficient (Wildman–Crippen LogP) is 3.42. The highest BCUT2D eigenvalue weighted by atomic mass is 79.9. The summed E-state index contributed by atoms with van der Waals surface area (Å²) in [7, 11) is 3.37. The molecule has 1 saturated carbocycles. The summed E-state index contributed by atoms with van der Waals surface area (Å²) in [5.41, 5.74) is 0.881. The van der Waals surface area contributed by atoms with Crippen LogP contribution in [0.25, 0.3) is 0 Å². The number of halogens is 1. The summed E-state index contributed by atoms with van der Waals surface area (Å²) in [4.78, 5) is 0. The van der Waals surface area contributed by atoms with Gasteiger partial charge in [0.25, 0.3) is 0 Å². The maximum atomic E-state index is 5.62. The second-order valence-electron chi connectivity index (χ2n) is 5.83. The summed E-state index contributed by atoms with van der Waals surface area (Å²) in [6, 6.07) is 8.30. The molecule has 0 N–H and O–H groups in total. The fourth-order valence-electron chi connectivity index (χ4n) is 3.46. The molecule has 7 heteroatoms. The second kappa shape index (κ2) is 6.20. The van der Waals surface area contributed by atoms with Crippen molar-refractivity contribution < 1.29 is 9.47 Å². The van der Waals surface area contributed by atoms with Crippen LogP contribution in [0.5, 0.6) is 0 Å². The minimum absolute atomic E-state index is 0.292. The molecule has 1 aromatic carbocycles. The maximum absolute atomic E-state index is 5.62. The lowest BCUT2D eigenvalue weighted by atomic mass is 9.60. The molecule has 1 aliphatic carbocycles. The quantitative estimate of drug-likeness (QED) is 0.620. The first-order valence-corrected chi connectivity index (χ1v) is 8.73. The molecule has 0 unspecified atom stereocenters. The number of ether oxygens (including phenoxy) is 2. The van der Waals surface area contributed by atoms with Gasteiger partial charge in [0.15, 0.2) is 10.9 Å². The molecule has 124 valence electrons. The van der Waals surface area contributed by atoms with Gasteiger partial charge < -0.3 is 14.0 Å². The van der Waals surface area contributed by atoms with Crippen LogP contribution in [0.1, 0.15) is 31.2 Å². The predicted molar refractivity (Wildman–Crippen MR) is 93.9 cm³/mol. The van der Waals surface area contributed by atoms with E-state index in [0.717, 1.165) is 16.8 Å². The van der Waals surface area contributed by atoms with Crippen LogP contribution >= 0.6 is 28.6 Å². The van der Waals surface area contributed by atoms with Crippen molar-refractivity contribution in [3.63, 3.8) is 0 Å². The third-order valence-electron chi connectivity index (χ3n) is 4.74. The van der Waals surface area contributed by atoms with Gasteiger partial charge in [-0.3, -0.25) is 0 Å². The van der Waals surface area contributed by atoms with Crippen LogP contribution < -0.4 is 0 Å². The highest BCUT2D eigenvalue weighted by Crippen LogP contribution is 2.56. The molecule has 0 atom stereocenters. The van der Waals surface area contributed by atoms with E-state index < -0.39 is 5.79 Å². The minimum atomic E-state index is -0.580. The topological polar surface area (TPSA) is 49.2 Å².